The molecule has 4 aromatic rings. The van der Waals surface area contributed by atoms with Crippen LogP contribution >= 0.6 is 11.3 Å². The third-order valence-corrected chi connectivity index (χ3v) is 9.88. The Kier molecular flexibility index (Phi) is 8.97. The Labute approximate surface area is 247 Å². The Balaban J connectivity index is 1.19. The highest BCUT2D eigenvalue weighted by Gasteiger charge is 2.18. The van der Waals surface area contributed by atoms with Gasteiger partial charge in [-0.2, -0.15) is 0 Å². The highest BCUT2D eigenvalue weighted by molar-refractivity contribution is 7.22. The summed E-state index contributed by atoms with van der Waals surface area (Å²) in [6.07, 6.45) is 9.86. The van der Waals surface area contributed by atoms with Crippen LogP contribution in [0.25, 0.3) is 20.5 Å². The second-order valence-electron chi connectivity index (χ2n) is 11.5. The van der Waals surface area contributed by atoms with Crippen molar-refractivity contribution < 1.29 is 19.3 Å². The van der Waals surface area contributed by atoms with Crippen LogP contribution in [-0.2, 0) is 6.42 Å². The molecule has 0 amide bonds. The topological polar surface area (TPSA) is 51.2 Å². The number of nitrogens with zero attached hydrogens (tertiary/aromatic N) is 1. The zero-order valence-corrected chi connectivity index (χ0v) is 24.9. The van der Waals surface area contributed by atoms with Gasteiger partial charge in [-0.25, -0.2) is 0 Å². The van der Waals surface area contributed by atoms with E-state index in [1.165, 1.54) is 73.0 Å². The molecular formula is C35H41NO4S. The van der Waals surface area contributed by atoms with E-state index in [1.807, 2.05) is 12.1 Å². The molecule has 6 rings (SSSR count). The van der Waals surface area contributed by atoms with Crippen molar-refractivity contribution in [1.82, 2.24) is 4.90 Å². The van der Waals surface area contributed by atoms with E-state index in [0.717, 1.165) is 66.0 Å². The minimum Gasteiger partial charge on any atom is -0.508 e. The van der Waals surface area contributed by atoms with Crippen LogP contribution in [0.1, 0.15) is 56.1 Å². The molecule has 5 nitrogen and oxygen atoms in total. The fraction of sp³-hybridized carbons (Fsp3) is 0.429. The Hall–Kier alpha value is -3.22. The van der Waals surface area contributed by atoms with Crippen molar-refractivity contribution in [2.45, 2.75) is 51.4 Å². The Morgan fingerprint density at radius 3 is 2.44 bits per heavy atom. The molecule has 1 N–H and O–H groups in total. The number of benzene rings is 3. The molecule has 1 aromatic heterocycles. The molecule has 6 heteroatoms. The summed E-state index contributed by atoms with van der Waals surface area (Å²) in [6, 6.07) is 20.4. The number of fused-ring (bicyclic) bond motifs is 1. The average Bonchev–Trinajstić information content (AvgIpc) is 3.77. The fourth-order valence-electron chi connectivity index (χ4n) is 6.33. The minimum atomic E-state index is 0.291. The van der Waals surface area contributed by atoms with Crippen LogP contribution in [0.5, 0.6) is 23.0 Å². The molecule has 41 heavy (non-hydrogen) atoms. The van der Waals surface area contributed by atoms with Gasteiger partial charge in [0.1, 0.15) is 18.1 Å². The van der Waals surface area contributed by atoms with E-state index in [4.69, 9.17) is 14.2 Å². The molecule has 0 spiro atoms. The lowest BCUT2D eigenvalue weighted by Gasteiger charge is -2.15. The summed E-state index contributed by atoms with van der Waals surface area (Å²) in [6.45, 7) is 4.82. The summed E-state index contributed by atoms with van der Waals surface area (Å²) >= 11 is 1.72. The third-order valence-electron chi connectivity index (χ3n) is 8.64. The molecule has 216 valence electrons. The molecule has 1 aliphatic carbocycles. The number of phenolic OH excluding ortho intramolecular Hbond substituents is 1. The number of hydrogen-bond acceptors (Lipinski definition) is 6. The molecule has 2 aliphatic rings. The molecule has 1 aliphatic heterocycles. The first-order valence-corrected chi connectivity index (χ1v) is 16.0. The number of thiophene rings is 1. The van der Waals surface area contributed by atoms with Gasteiger partial charge in [0, 0.05) is 16.1 Å². The molecule has 0 atom stereocenters. The number of hydrogen-bond donors (Lipinski definition) is 1. The number of methoxy groups -OCH3 is 1. The highest BCUT2D eigenvalue weighted by Crippen LogP contribution is 2.42. The van der Waals surface area contributed by atoms with Gasteiger partial charge in [0.25, 0.3) is 0 Å². The van der Waals surface area contributed by atoms with E-state index in [9.17, 15) is 5.11 Å². The van der Waals surface area contributed by atoms with Crippen molar-refractivity contribution in [3.8, 4) is 33.4 Å². The molecule has 2 fully saturated rings. The van der Waals surface area contributed by atoms with Gasteiger partial charge in [-0.05, 0) is 121 Å². The monoisotopic (exact) mass is 571 g/mol. The van der Waals surface area contributed by atoms with Crippen molar-refractivity contribution in [1.29, 1.82) is 0 Å². The number of ether oxygens (including phenoxy) is 3. The van der Waals surface area contributed by atoms with Crippen LogP contribution in [0, 0.1) is 5.92 Å². The van der Waals surface area contributed by atoms with Crippen molar-refractivity contribution in [2.24, 2.45) is 5.92 Å². The first-order valence-electron chi connectivity index (χ1n) is 15.2. The number of likely N-dealkylation sites (tertiary alicyclic amines) is 1. The van der Waals surface area contributed by atoms with Gasteiger partial charge in [0.15, 0.2) is 11.5 Å². The van der Waals surface area contributed by atoms with Gasteiger partial charge >= 0.3 is 0 Å². The number of phenols is 1. The predicted molar refractivity (Wildman–Crippen MR) is 168 cm³/mol. The van der Waals surface area contributed by atoms with Gasteiger partial charge in [-0.3, -0.25) is 4.90 Å². The first kappa shape index (κ1) is 27.9. The van der Waals surface area contributed by atoms with Crippen LogP contribution in [0.15, 0.2) is 60.7 Å². The zero-order valence-electron chi connectivity index (χ0n) is 24.1. The van der Waals surface area contributed by atoms with Gasteiger partial charge in [0.2, 0.25) is 0 Å². The van der Waals surface area contributed by atoms with Gasteiger partial charge in [-0.15, -0.1) is 11.3 Å². The van der Waals surface area contributed by atoms with Crippen molar-refractivity contribution in [2.75, 3.05) is 40.0 Å². The summed E-state index contributed by atoms with van der Waals surface area (Å²) < 4.78 is 19.0. The van der Waals surface area contributed by atoms with E-state index in [0.29, 0.717) is 5.75 Å². The number of rotatable bonds is 12. The van der Waals surface area contributed by atoms with Gasteiger partial charge < -0.3 is 19.3 Å². The van der Waals surface area contributed by atoms with Gasteiger partial charge in [-0.1, -0.05) is 31.7 Å². The molecule has 0 radical (unpaired) electrons. The van der Waals surface area contributed by atoms with Gasteiger partial charge in [0.05, 0.1) is 13.7 Å². The van der Waals surface area contributed by atoms with Crippen LogP contribution in [0.2, 0.25) is 0 Å². The lowest BCUT2D eigenvalue weighted by Crippen LogP contribution is -2.25. The lowest BCUT2D eigenvalue weighted by atomic mass is 9.98. The summed E-state index contributed by atoms with van der Waals surface area (Å²) in [5.74, 6) is 3.60. The Morgan fingerprint density at radius 2 is 1.66 bits per heavy atom. The standard InChI is InChI=1S/C35H41NO4S/c1-38-33-23-26(8-15-32(33)40-20-16-25-6-2-3-7-25)22-31-30-14-11-28(37)24-34(30)41-35(31)27-9-12-29(13-10-27)39-21-19-36-17-4-5-18-36/h8-15,23-25,37H,2-7,16-22H2,1H3. The van der Waals surface area contributed by atoms with E-state index in [2.05, 4.69) is 47.4 Å². The smallest absolute Gasteiger partial charge is 0.161 e. The fourth-order valence-corrected chi connectivity index (χ4v) is 7.59. The first-order chi connectivity index (χ1) is 20.2. The summed E-state index contributed by atoms with van der Waals surface area (Å²) in [7, 11) is 1.71. The molecular weight excluding hydrogens is 530 g/mol. The second-order valence-corrected chi connectivity index (χ2v) is 12.5. The third kappa shape index (κ3) is 6.82. The summed E-state index contributed by atoms with van der Waals surface area (Å²) in [4.78, 5) is 3.68. The van der Waals surface area contributed by atoms with Crippen molar-refractivity contribution >= 4 is 21.4 Å². The highest BCUT2D eigenvalue weighted by atomic mass is 32.1. The van der Waals surface area contributed by atoms with E-state index < -0.39 is 0 Å². The summed E-state index contributed by atoms with van der Waals surface area (Å²) in [5.41, 5.74) is 3.58. The average molecular weight is 572 g/mol. The Bertz CT molecular complexity index is 1430. The summed E-state index contributed by atoms with van der Waals surface area (Å²) in [5, 5.41) is 11.4. The van der Waals surface area contributed by atoms with Crippen molar-refractivity contribution in [3.63, 3.8) is 0 Å². The van der Waals surface area contributed by atoms with E-state index in [1.54, 1.807) is 24.5 Å². The molecule has 1 saturated heterocycles. The zero-order chi connectivity index (χ0) is 28.0. The predicted octanol–water partition coefficient (Wildman–Crippen LogP) is 8.31. The lowest BCUT2D eigenvalue weighted by molar-refractivity contribution is 0.238. The van der Waals surface area contributed by atoms with Crippen LogP contribution in [0.4, 0.5) is 0 Å². The maximum Gasteiger partial charge on any atom is 0.161 e. The second kappa shape index (κ2) is 13.2. The molecule has 0 bridgehead atoms. The molecule has 0 unspecified atom stereocenters. The quantitative estimate of drug-likeness (QED) is 0.185. The molecule has 2 heterocycles. The van der Waals surface area contributed by atoms with Crippen LogP contribution in [-0.4, -0.2) is 50.0 Å². The Morgan fingerprint density at radius 1 is 0.854 bits per heavy atom. The van der Waals surface area contributed by atoms with Crippen molar-refractivity contribution in [3.05, 3.63) is 71.8 Å². The normalized spacial score (nSPS) is 16.0. The molecule has 1 saturated carbocycles. The minimum absolute atomic E-state index is 0.291. The van der Waals surface area contributed by atoms with Crippen LogP contribution in [0.3, 0.4) is 0 Å². The van der Waals surface area contributed by atoms with E-state index in [-0.39, 0.29) is 0 Å². The van der Waals surface area contributed by atoms with E-state index >= 15 is 0 Å². The molecule has 3 aromatic carbocycles. The maximum absolute atomic E-state index is 10.2. The SMILES string of the molecule is COc1cc(Cc2c(-c3ccc(OCCN4CCCC4)cc3)sc3cc(O)ccc23)ccc1OCCC1CCCC1. The van der Waals surface area contributed by atoms with Crippen LogP contribution < -0.4 is 14.2 Å². The maximum atomic E-state index is 10.2. The number of aromatic hydroxyl groups is 1. The largest absolute Gasteiger partial charge is 0.508 e.